The van der Waals surface area contributed by atoms with Gasteiger partial charge in [0, 0.05) is 23.1 Å². The highest BCUT2D eigenvalue weighted by atomic mass is 16.3. The molecule has 2 aromatic rings. The van der Waals surface area contributed by atoms with Gasteiger partial charge in [0.15, 0.2) is 0 Å². The Morgan fingerprint density at radius 3 is 2.57 bits per heavy atom. The molecule has 162 valence electrons. The van der Waals surface area contributed by atoms with Crippen molar-refractivity contribution in [3.8, 4) is 0 Å². The molecule has 0 bridgehead atoms. The van der Waals surface area contributed by atoms with Gasteiger partial charge in [-0.2, -0.15) is 0 Å². The quantitative estimate of drug-likeness (QED) is 0.629. The highest BCUT2D eigenvalue weighted by molar-refractivity contribution is 5.88. The van der Waals surface area contributed by atoms with Gasteiger partial charge in [0.05, 0.1) is 6.26 Å². The first-order valence-electron chi connectivity index (χ1n) is 11.7. The van der Waals surface area contributed by atoms with Gasteiger partial charge in [0.1, 0.15) is 5.58 Å². The molecule has 2 aliphatic rings. The van der Waals surface area contributed by atoms with Crippen LogP contribution in [0.3, 0.4) is 0 Å². The number of carbonyl (C=O) groups excluding carboxylic acids is 1. The minimum absolute atomic E-state index is 0.0757. The lowest BCUT2D eigenvalue weighted by atomic mass is 9.83. The van der Waals surface area contributed by atoms with Crippen molar-refractivity contribution in [2.75, 3.05) is 19.6 Å². The van der Waals surface area contributed by atoms with E-state index in [1.807, 2.05) is 26.2 Å². The lowest BCUT2D eigenvalue weighted by Crippen LogP contribution is -2.38. The molecule has 2 fully saturated rings. The largest absolute Gasteiger partial charge is 0.464 e. The molecule has 0 unspecified atom stereocenters. The Bertz CT molecular complexity index is 864. The number of carbonyl (C=O) groups is 1. The molecule has 0 spiro atoms. The minimum atomic E-state index is 0.0757. The van der Waals surface area contributed by atoms with Crippen molar-refractivity contribution in [1.29, 1.82) is 0 Å². The second-order valence-corrected chi connectivity index (χ2v) is 9.54. The third kappa shape index (κ3) is 5.34. The highest BCUT2D eigenvalue weighted by Crippen LogP contribution is 2.35. The van der Waals surface area contributed by atoms with Gasteiger partial charge in [0.25, 0.3) is 0 Å². The van der Waals surface area contributed by atoms with Crippen molar-refractivity contribution in [1.82, 2.24) is 10.2 Å². The summed E-state index contributed by atoms with van der Waals surface area (Å²) in [7, 11) is 0. The number of fused-ring (bicyclic) bond motifs is 1. The van der Waals surface area contributed by atoms with E-state index in [0.29, 0.717) is 12.0 Å². The van der Waals surface area contributed by atoms with E-state index in [1.54, 1.807) is 6.08 Å². The number of rotatable bonds is 6. The molecule has 0 atom stereocenters. The first kappa shape index (κ1) is 21.2. The van der Waals surface area contributed by atoms with Crippen molar-refractivity contribution in [3.63, 3.8) is 0 Å². The van der Waals surface area contributed by atoms with E-state index in [0.717, 1.165) is 29.9 Å². The van der Waals surface area contributed by atoms with E-state index in [9.17, 15) is 4.79 Å². The molecule has 4 nitrogen and oxygen atoms in total. The van der Waals surface area contributed by atoms with E-state index in [1.165, 1.54) is 62.7 Å². The molecule has 1 N–H and O–H groups in total. The van der Waals surface area contributed by atoms with Gasteiger partial charge in [-0.25, -0.2) is 0 Å². The van der Waals surface area contributed by atoms with Crippen LogP contribution < -0.4 is 5.32 Å². The number of likely N-dealkylation sites (tertiary alicyclic amines) is 1. The Hall–Kier alpha value is -2.07. The van der Waals surface area contributed by atoms with Crippen LogP contribution in [-0.4, -0.2) is 36.5 Å². The van der Waals surface area contributed by atoms with Gasteiger partial charge < -0.3 is 14.6 Å². The van der Waals surface area contributed by atoms with Crippen molar-refractivity contribution < 1.29 is 9.21 Å². The summed E-state index contributed by atoms with van der Waals surface area (Å²) in [6, 6.07) is 8.78. The standard InChI is InChI=1S/C26H36N2O2/c1-19(2)17-26(29)27-22-9-7-20(8-10-22)11-14-28-15-12-21(13-16-28)24-18-30-25-6-4-3-5-23(24)25/h3-6,17-18,20-22H,7-16H2,1-2H3,(H,27,29). The average molecular weight is 409 g/mol. The number of para-hydroxylation sites is 1. The maximum atomic E-state index is 11.9. The molecule has 1 aliphatic carbocycles. The summed E-state index contributed by atoms with van der Waals surface area (Å²) in [5, 5.41) is 4.47. The number of allylic oxidation sites excluding steroid dienone is 1. The fraction of sp³-hybridized carbons (Fsp3) is 0.577. The lowest BCUT2D eigenvalue weighted by Gasteiger charge is -2.34. The summed E-state index contributed by atoms with van der Waals surface area (Å²) in [5.74, 6) is 1.52. The molecule has 1 amide bonds. The Morgan fingerprint density at radius 1 is 1.10 bits per heavy atom. The van der Waals surface area contributed by atoms with Crippen LogP contribution in [0.4, 0.5) is 0 Å². The van der Waals surface area contributed by atoms with Crippen LogP contribution in [0.15, 0.2) is 46.6 Å². The highest BCUT2D eigenvalue weighted by Gasteiger charge is 2.25. The number of benzene rings is 1. The van der Waals surface area contributed by atoms with E-state index >= 15 is 0 Å². The molecule has 30 heavy (non-hydrogen) atoms. The van der Waals surface area contributed by atoms with Crippen LogP contribution in [0, 0.1) is 5.92 Å². The molecule has 4 rings (SSSR count). The van der Waals surface area contributed by atoms with Gasteiger partial charge in [-0.1, -0.05) is 23.8 Å². The first-order valence-corrected chi connectivity index (χ1v) is 11.7. The zero-order valence-electron chi connectivity index (χ0n) is 18.5. The molecule has 1 saturated carbocycles. The summed E-state index contributed by atoms with van der Waals surface area (Å²) in [6.45, 7) is 7.54. The predicted molar refractivity (Wildman–Crippen MR) is 123 cm³/mol. The first-order chi connectivity index (χ1) is 14.6. The third-order valence-corrected chi connectivity index (χ3v) is 7.00. The number of hydrogen-bond donors (Lipinski definition) is 1. The molecule has 1 saturated heterocycles. The number of hydrogen-bond acceptors (Lipinski definition) is 3. The summed E-state index contributed by atoms with van der Waals surface area (Å²) in [6.07, 6.45) is 12.2. The van der Waals surface area contributed by atoms with Crippen LogP contribution in [0.1, 0.15) is 70.3 Å². The van der Waals surface area contributed by atoms with Gasteiger partial charge >= 0.3 is 0 Å². The number of nitrogens with zero attached hydrogens (tertiary/aromatic N) is 1. The van der Waals surface area contributed by atoms with Crippen LogP contribution in [0.2, 0.25) is 0 Å². The van der Waals surface area contributed by atoms with Crippen LogP contribution in [-0.2, 0) is 4.79 Å². The summed E-state index contributed by atoms with van der Waals surface area (Å²) in [5.41, 5.74) is 3.48. The molecule has 2 heterocycles. The fourth-order valence-corrected chi connectivity index (χ4v) is 5.25. The number of piperidine rings is 1. The van der Waals surface area contributed by atoms with Crippen molar-refractivity contribution in [3.05, 3.63) is 47.7 Å². The Kier molecular flexibility index (Phi) is 6.93. The predicted octanol–water partition coefficient (Wildman–Crippen LogP) is 5.64. The maximum absolute atomic E-state index is 11.9. The lowest BCUT2D eigenvalue weighted by molar-refractivity contribution is -0.117. The van der Waals surface area contributed by atoms with Gasteiger partial charge in [-0.05, 0) is 96.3 Å². The number of amides is 1. The number of nitrogens with one attached hydrogen (secondary N) is 1. The van der Waals surface area contributed by atoms with Gasteiger partial charge in [-0.15, -0.1) is 0 Å². The SMILES string of the molecule is CC(C)=CC(=O)NC1CCC(CCN2CCC(c3coc4ccccc34)CC2)CC1. The monoisotopic (exact) mass is 408 g/mol. The summed E-state index contributed by atoms with van der Waals surface area (Å²) in [4.78, 5) is 14.6. The zero-order chi connectivity index (χ0) is 20.9. The van der Waals surface area contributed by atoms with Gasteiger partial charge in [0.2, 0.25) is 5.91 Å². The Balaban J connectivity index is 1.17. The molecular formula is C26H36N2O2. The fourth-order valence-electron chi connectivity index (χ4n) is 5.25. The van der Waals surface area contributed by atoms with E-state index in [4.69, 9.17) is 4.42 Å². The topological polar surface area (TPSA) is 45.5 Å². The normalized spacial score (nSPS) is 23.4. The summed E-state index contributed by atoms with van der Waals surface area (Å²) < 4.78 is 5.76. The van der Waals surface area contributed by atoms with E-state index in [-0.39, 0.29) is 5.91 Å². The molecular weight excluding hydrogens is 372 g/mol. The minimum Gasteiger partial charge on any atom is -0.464 e. The molecule has 1 aromatic carbocycles. The third-order valence-electron chi connectivity index (χ3n) is 7.00. The molecule has 1 aliphatic heterocycles. The smallest absolute Gasteiger partial charge is 0.244 e. The summed E-state index contributed by atoms with van der Waals surface area (Å²) >= 11 is 0. The Morgan fingerprint density at radius 2 is 1.83 bits per heavy atom. The molecule has 1 aromatic heterocycles. The average Bonchev–Trinajstić information content (AvgIpc) is 3.17. The van der Waals surface area contributed by atoms with E-state index < -0.39 is 0 Å². The second kappa shape index (κ2) is 9.82. The van der Waals surface area contributed by atoms with Crippen LogP contribution in [0.25, 0.3) is 11.0 Å². The number of furan rings is 1. The van der Waals surface area contributed by atoms with Crippen molar-refractivity contribution in [2.45, 2.75) is 70.8 Å². The van der Waals surface area contributed by atoms with Crippen molar-refractivity contribution >= 4 is 16.9 Å². The maximum Gasteiger partial charge on any atom is 0.244 e. The van der Waals surface area contributed by atoms with E-state index in [2.05, 4.69) is 28.4 Å². The van der Waals surface area contributed by atoms with Gasteiger partial charge in [-0.3, -0.25) is 4.79 Å². The second-order valence-electron chi connectivity index (χ2n) is 9.54. The van der Waals surface area contributed by atoms with Crippen LogP contribution >= 0.6 is 0 Å². The van der Waals surface area contributed by atoms with Crippen molar-refractivity contribution in [2.24, 2.45) is 5.92 Å². The molecule has 4 heteroatoms. The van der Waals surface area contributed by atoms with Crippen LogP contribution in [0.5, 0.6) is 0 Å². The zero-order valence-corrected chi connectivity index (χ0v) is 18.5. The Labute approximate surface area is 180 Å². The molecule has 0 radical (unpaired) electrons.